The van der Waals surface area contributed by atoms with Crippen molar-refractivity contribution in [3.8, 4) is 0 Å². The Morgan fingerprint density at radius 3 is 2.73 bits per heavy atom. The molecule has 1 saturated heterocycles. The lowest BCUT2D eigenvalue weighted by molar-refractivity contribution is -0.253. The summed E-state index contributed by atoms with van der Waals surface area (Å²) >= 11 is 5.32. The minimum atomic E-state index is -2.01. The zero-order chi connectivity index (χ0) is 26.6. The summed E-state index contributed by atoms with van der Waals surface area (Å²) in [6, 6.07) is 5.09. The molecule has 0 radical (unpaired) electrons. The number of aliphatic hydroxyl groups is 1. The van der Waals surface area contributed by atoms with Crippen LogP contribution in [0.25, 0.3) is 0 Å². The second-order valence-corrected chi connectivity index (χ2v) is 12.5. The lowest BCUT2D eigenvalue weighted by Gasteiger charge is -2.62. The van der Waals surface area contributed by atoms with Crippen LogP contribution < -0.4 is 4.84 Å². The first-order chi connectivity index (χ1) is 17.3. The molecule has 0 spiro atoms. The number of halogens is 1. The first-order valence-corrected chi connectivity index (χ1v) is 13.3. The number of pyridine rings is 1. The van der Waals surface area contributed by atoms with Crippen LogP contribution in [0.4, 0.5) is 4.39 Å². The number of ether oxygens (including phenoxy) is 2. The summed E-state index contributed by atoms with van der Waals surface area (Å²) in [4.78, 5) is 31.9. The molecule has 1 aromatic heterocycles. The van der Waals surface area contributed by atoms with Gasteiger partial charge in [-0.05, 0) is 76.7 Å². The van der Waals surface area contributed by atoms with Crippen molar-refractivity contribution in [2.24, 2.45) is 22.7 Å². The van der Waals surface area contributed by atoms with Crippen LogP contribution >= 0.6 is 12.2 Å². The number of alkyl halides is 1. The molecule has 4 aliphatic carbocycles. The fraction of sp³-hybridized carbons (Fsp3) is 0.607. The van der Waals surface area contributed by atoms with Crippen LogP contribution in [0.1, 0.15) is 53.4 Å². The molecule has 9 heteroatoms. The number of carbonyl (C=O) groups is 2. The van der Waals surface area contributed by atoms with Crippen LogP contribution in [0.2, 0.25) is 0 Å². The maximum Gasteiger partial charge on any atom is 0.367 e. The topological polar surface area (TPSA) is 87.0 Å². The van der Waals surface area contributed by atoms with Gasteiger partial charge in [-0.1, -0.05) is 36.9 Å². The molecular weight excluding hydrogens is 497 g/mol. The summed E-state index contributed by atoms with van der Waals surface area (Å²) in [5.41, 5.74) is -4.97. The zero-order valence-corrected chi connectivity index (χ0v) is 22.2. The first-order valence-electron chi connectivity index (χ1n) is 12.9. The molecule has 1 aliphatic heterocycles. The van der Waals surface area contributed by atoms with Crippen LogP contribution in [-0.4, -0.2) is 50.9 Å². The molecule has 0 aromatic carbocycles. The lowest BCUT2D eigenvalue weighted by atomic mass is 9.45. The van der Waals surface area contributed by atoms with E-state index in [1.54, 1.807) is 51.2 Å². The number of ketones is 1. The number of aliphatic hydroxyl groups excluding tert-OH is 1. The maximum atomic E-state index is 17.5. The summed E-state index contributed by atoms with van der Waals surface area (Å²) in [5, 5.41) is 11.6. The number of rotatable bonds is 2. The zero-order valence-electron chi connectivity index (χ0n) is 21.4. The predicted molar refractivity (Wildman–Crippen MR) is 133 cm³/mol. The standard InChI is InChI=1S/C28H32FNO6S/c1-24(2)34-21-14-19-18-9-8-16-13-17(31)10-11-25(16,3)27(18,29)20(32)15-26(19,4)28(21,36-24)23(33)35-30-12-6-5-7-22(30)37/h5-7,10-13,18-21,32H,8-9,14-15H2,1-4H3/t18-,19-,20-,21+,25-,26-,27-,28-/m0/s1. The highest BCUT2D eigenvalue weighted by molar-refractivity contribution is 7.71. The monoisotopic (exact) mass is 529 g/mol. The molecule has 198 valence electrons. The van der Waals surface area contributed by atoms with E-state index in [2.05, 4.69) is 0 Å². The third-order valence-electron chi connectivity index (χ3n) is 9.91. The van der Waals surface area contributed by atoms with Gasteiger partial charge in [0.15, 0.2) is 17.2 Å². The van der Waals surface area contributed by atoms with Gasteiger partial charge in [0, 0.05) is 22.9 Å². The molecule has 4 fully saturated rings. The predicted octanol–water partition coefficient (Wildman–Crippen LogP) is 4.04. The van der Waals surface area contributed by atoms with Crippen molar-refractivity contribution in [2.75, 3.05) is 0 Å². The molecule has 0 bridgehead atoms. The molecule has 1 N–H and O–H groups in total. The van der Waals surface area contributed by atoms with Gasteiger partial charge in [0.25, 0.3) is 0 Å². The number of hydrogen-bond donors (Lipinski definition) is 1. The smallest absolute Gasteiger partial charge is 0.367 e. The number of fused-ring (bicyclic) bond motifs is 7. The Hall–Kier alpha value is -2.20. The van der Waals surface area contributed by atoms with Crippen molar-refractivity contribution in [3.05, 3.63) is 52.8 Å². The highest BCUT2D eigenvalue weighted by atomic mass is 32.1. The third kappa shape index (κ3) is 3.05. The highest BCUT2D eigenvalue weighted by Crippen LogP contribution is 2.72. The van der Waals surface area contributed by atoms with E-state index in [1.807, 2.05) is 6.92 Å². The van der Waals surface area contributed by atoms with Crippen molar-refractivity contribution in [2.45, 2.75) is 82.6 Å². The van der Waals surface area contributed by atoms with E-state index in [1.165, 1.54) is 16.9 Å². The number of nitrogens with zero attached hydrogens (tertiary/aromatic N) is 1. The summed E-state index contributed by atoms with van der Waals surface area (Å²) in [7, 11) is 0. The first kappa shape index (κ1) is 25.1. The van der Waals surface area contributed by atoms with E-state index in [0.717, 1.165) is 0 Å². The molecule has 7 nitrogen and oxygen atoms in total. The second kappa shape index (κ2) is 7.68. The molecule has 37 heavy (non-hydrogen) atoms. The summed E-state index contributed by atoms with van der Waals surface area (Å²) in [5.74, 6) is -2.81. The van der Waals surface area contributed by atoms with E-state index in [4.69, 9.17) is 26.5 Å². The molecule has 2 heterocycles. The lowest BCUT2D eigenvalue weighted by Crippen LogP contribution is -2.70. The fourth-order valence-corrected chi connectivity index (χ4v) is 8.48. The third-order valence-corrected chi connectivity index (χ3v) is 10.2. The number of allylic oxidation sites excluding steroid dienone is 4. The van der Waals surface area contributed by atoms with Gasteiger partial charge >= 0.3 is 5.97 Å². The normalized spacial score (nSPS) is 45.4. The molecule has 8 atom stereocenters. The van der Waals surface area contributed by atoms with Gasteiger partial charge in [-0.3, -0.25) is 4.79 Å². The quantitative estimate of drug-likeness (QED) is 0.579. The molecular formula is C28H32FNO6S. The van der Waals surface area contributed by atoms with E-state index in [9.17, 15) is 14.7 Å². The number of carbonyl (C=O) groups excluding carboxylic acids is 2. The molecule has 0 amide bonds. The molecule has 5 aliphatic rings. The average molecular weight is 530 g/mol. The Bertz CT molecular complexity index is 1320. The van der Waals surface area contributed by atoms with Crippen LogP contribution in [0.15, 0.2) is 48.2 Å². The maximum absolute atomic E-state index is 17.5. The fourth-order valence-electron chi connectivity index (χ4n) is 8.31. The minimum absolute atomic E-state index is 0.0272. The Kier molecular flexibility index (Phi) is 5.21. The van der Waals surface area contributed by atoms with Crippen molar-refractivity contribution in [1.29, 1.82) is 0 Å². The Labute approximate surface area is 220 Å². The van der Waals surface area contributed by atoms with Gasteiger partial charge in [-0.2, -0.15) is 4.73 Å². The second-order valence-electron chi connectivity index (χ2n) is 12.1. The van der Waals surface area contributed by atoms with Gasteiger partial charge in [-0.25, -0.2) is 9.18 Å². The van der Waals surface area contributed by atoms with Crippen molar-refractivity contribution in [3.63, 3.8) is 0 Å². The van der Waals surface area contributed by atoms with Crippen molar-refractivity contribution in [1.82, 2.24) is 4.73 Å². The van der Waals surface area contributed by atoms with Gasteiger partial charge in [0.2, 0.25) is 5.60 Å². The summed E-state index contributed by atoms with van der Waals surface area (Å²) in [6.07, 6.45) is 5.33. The van der Waals surface area contributed by atoms with E-state index in [-0.39, 0.29) is 18.1 Å². The average Bonchev–Trinajstić information content (AvgIpc) is 3.23. The van der Waals surface area contributed by atoms with Gasteiger partial charge in [0.05, 0.1) is 6.10 Å². The molecule has 3 saturated carbocycles. The van der Waals surface area contributed by atoms with Crippen LogP contribution in [0, 0.1) is 27.3 Å². The van der Waals surface area contributed by atoms with E-state index >= 15 is 4.39 Å². The van der Waals surface area contributed by atoms with Crippen molar-refractivity contribution >= 4 is 24.0 Å². The summed E-state index contributed by atoms with van der Waals surface area (Å²) < 4.78 is 31.7. The highest BCUT2D eigenvalue weighted by Gasteiger charge is 2.81. The SMILES string of the molecule is CC1(C)O[C@@H]2C[C@H]3[C@@H]4CCC5=CC(=O)C=C[C@]5(C)[C@@]4(F)[C@@H](O)C[C@]3(C)[C@]2(C(=O)On2ccccc2=S)O1. The Morgan fingerprint density at radius 2 is 2.00 bits per heavy atom. The van der Waals surface area contributed by atoms with Crippen LogP contribution in [0.3, 0.4) is 0 Å². The molecule has 1 aromatic rings. The van der Waals surface area contributed by atoms with Gasteiger partial charge in [0.1, 0.15) is 10.7 Å². The largest absolute Gasteiger partial charge is 0.390 e. The number of hydrogen-bond acceptors (Lipinski definition) is 7. The van der Waals surface area contributed by atoms with Crippen LogP contribution in [0.5, 0.6) is 0 Å². The minimum Gasteiger partial charge on any atom is -0.390 e. The van der Waals surface area contributed by atoms with Crippen molar-refractivity contribution < 1.29 is 33.4 Å². The van der Waals surface area contributed by atoms with Crippen LogP contribution in [-0.2, 0) is 19.1 Å². The van der Waals surface area contributed by atoms with Gasteiger partial charge in [-0.15, -0.1) is 0 Å². The Morgan fingerprint density at radius 1 is 1.24 bits per heavy atom. The molecule has 0 unspecified atom stereocenters. The van der Waals surface area contributed by atoms with E-state index in [0.29, 0.717) is 29.5 Å². The summed E-state index contributed by atoms with van der Waals surface area (Å²) in [6.45, 7) is 7.15. The number of aromatic nitrogens is 1. The molecule has 6 rings (SSSR count). The Balaban J connectivity index is 1.45. The van der Waals surface area contributed by atoms with Gasteiger partial charge < -0.3 is 19.4 Å². The van der Waals surface area contributed by atoms with E-state index < -0.39 is 52.0 Å².